The van der Waals surface area contributed by atoms with E-state index in [0.717, 1.165) is 0 Å². The van der Waals surface area contributed by atoms with Crippen molar-refractivity contribution in [2.24, 2.45) is 0 Å². The number of anilines is 2. The fourth-order valence-electron chi connectivity index (χ4n) is 1.60. The van der Waals surface area contributed by atoms with E-state index in [-0.39, 0.29) is 5.82 Å². The van der Waals surface area contributed by atoms with Crippen molar-refractivity contribution in [2.45, 2.75) is 0 Å². The zero-order valence-corrected chi connectivity index (χ0v) is 12.2. The molecule has 0 aliphatic rings. The normalized spacial score (nSPS) is 9.95. The lowest BCUT2D eigenvalue weighted by atomic mass is 10.3. The van der Waals surface area contributed by atoms with Gasteiger partial charge in [0.1, 0.15) is 11.6 Å². The average Bonchev–Trinajstić information content (AvgIpc) is 2.38. The van der Waals surface area contributed by atoms with Crippen LogP contribution in [0.25, 0.3) is 0 Å². The standard InChI is InChI=1S/C14H12ClFN2OS/c1-19-13-6-5-11(8-12(13)15)18-14(20)17-10-4-2-3-9(16)7-10/h2-8H,1H3,(H2,17,18,20). The molecule has 2 aromatic carbocycles. The van der Waals surface area contributed by atoms with E-state index >= 15 is 0 Å². The molecule has 0 aliphatic carbocycles. The zero-order valence-electron chi connectivity index (χ0n) is 10.6. The summed E-state index contributed by atoms with van der Waals surface area (Å²) in [5.41, 5.74) is 1.28. The first kappa shape index (κ1) is 14.6. The van der Waals surface area contributed by atoms with E-state index in [9.17, 15) is 4.39 Å². The van der Waals surface area contributed by atoms with Gasteiger partial charge in [0.25, 0.3) is 0 Å². The summed E-state index contributed by atoms with van der Waals surface area (Å²) in [6.07, 6.45) is 0. The molecule has 0 aromatic heterocycles. The first-order chi connectivity index (χ1) is 9.58. The largest absolute Gasteiger partial charge is 0.495 e. The van der Waals surface area contributed by atoms with Crippen LogP contribution in [-0.2, 0) is 0 Å². The molecule has 0 atom stereocenters. The third-order valence-electron chi connectivity index (χ3n) is 2.49. The van der Waals surface area contributed by atoms with Crippen LogP contribution in [0.3, 0.4) is 0 Å². The molecule has 0 fully saturated rings. The molecule has 6 heteroatoms. The highest BCUT2D eigenvalue weighted by Crippen LogP contribution is 2.27. The van der Waals surface area contributed by atoms with Crippen LogP contribution in [-0.4, -0.2) is 12.2 Å². The van der Waals surface area contributed by atoms with Crippen LogP contribution >= 0.6 is 23.8 Å². The molecule has 0 saturated carbocycles. The molecule has 20 heavy (non-hydrogen) atoms. The highest BCUT2D eigenvalue weighted by Gasteiger charge is 2.04. The van der Waals surface area contributed by atoms with Crippen molar-refractivity contribution in [3.05, 3.63) is 53.3 Å². The van der Waals surface area contributed by atoms with E-state index < -0.39 is 0 Å². The number of nitrogens with one attached hydrogen (secondary N) is 2. The Kier molecular flexibility index (Phi) is 4.76. The molecule has 0 unspecified atom stereocenters. The Labute approximate surface area is 126 Å². The van der Waals surface area contributed by atoms with Crippen LogP contribution in [0.1, 0.15) is 0 Å². The Balaban J connectivity index is 2.03. The van der Waals surface area contributed by atoms with Gasteiger partial charge in [-0.2, -0.15) is 0 Å². The zero-order chi connectivity index (χ0) is 14.5. The molecular weight excluding hydrogens is 299 g/mol. The Bertz CT molecular complexity index is 636. The predicted octanol–water partition coefficient (Wildman–Crippen LogP) is 4.30. The van der Waals surface area contributed by atoms with Crippen molar-refractivity contribution in [2.75, 3.05) is 17.7 Å². The fourth-order valence-corrected chi connectivity index (χ4v) is 2.10. The highest BCUT2D eigenvalue weighted by atomic mass is 35.5. The van der Waals surface area contributed by atoms with E-state index in [1.165, 1.54) is 12.1 Å². The lowest BCUT2D eigenvalue weighted by molar-refractivity contribution is 0.415. The van der Waals surface area contributed by atoms with Gasteiger partial charge in [0.15, 0.2) is 5.11 Å². The summed E-state index contributed by atoms with van der Waals surface area (Å²) in [5.74, 6) is 0.256. The van der Waals surface area contributed by atoms with Crippen LogP contribution in [0, 0.1) is 5.82 Å². The van der Waals surface area contributed by atoms with Crippen LogP contribution < -0.4 is 15.4 Å². The summed E-state index contributed by atoms with van der Waals surface area (Å²) in [7, 11) is 1.55. The smallest absolute Gasteiger partial charge is 0.175 e. The molecular formula is C14H12ClFN2OS. The molecule has 0 spiro atoms. The van der Waals surface area contributed by atoms with Crippen LogP contribution in [0.5, 0.6) is 5.75 Å². The fraction of sp³-hybridized carbons (Fsp3) is 0.0714. The summed E-state index contributed by atoms with van der Waals surface area (Å²) in [4.78, 5) is 0. The monoisotopic (exact) mass is 310 g/mol. The predicted molar refractivity (Wildman–Crippen MR) is 84.2 cm³/mol. The second-order valence-corrected chi connectivity index (χ2v) is 4.75. The Morgan fingerprint density at radius 2 is 1.85 bits per heavy atom. The number of rotatable bonds is 3. The molecule has 0 saturated heterocycles. The molecule has 3 nitrogen and oxygen atoms in total. The minimum Gasteiger partial charge on any atom is -0.495 e. The molecule has 2 N–H and O–H groups in total. The van der Waals surface area contributed by atoms with Gasteiger partial charge in [0, 0.05) is 11.4 Å². The number of ether oxygens (including phenoxy) is 1. The summed E-state index contributed by atoms with van der Waals surface area (Å²) in [6, 6.07) is 11.3. The Hall–Kier alpha value is -1.85. The molecule has 0 bridgehead atoms. The van der Waals surface area contributed by atoms with E-state index in [1.807, 2.05) is 0 Å². The quantitative estimate of drug-likeness (QED) is 0.828. The van der Waals surface area contributed by atoms with Crippen molar-refractivity contribution in [3.8, 4) is 5.75 Å². The van der Waals surface area contributed by atoms with Gasteiger partial charge in [0.2, 0.25) is 0 Å². The summed E-state index contributed by atoms with van der Waals surface area (Å²) in [5, 5.41) is 6.67. The summed E-state index contributed by atoms with van der Waals surface area (Å²) in [6.45, 7) is 0. The van der Waals surface area contributed by atoms with E-state index in [2.05, 4.69) is 10.6 Å². The van der Waals surface area contributed by atoms with Crippen LogP contribution in [0.15, 0.2) is 42.5 Å². The molecule has 0 amide bonds. The Morgan fingerprint density at radius 1 is 1.15 bits per heavy atom. The highest BCUT2D eigenvalue weighted by molar-refractivity contribution is 7.80. The number of benzene rings is 2. The second-order valence-electron chi connectivity index (χ2n) is 3.94. The summed E-state index contributed by atoms with van der Waals surface area (Å²) >= 11 is 11.2. The lowest BCUT2D eigenvalue weighted by Gasteiger charge is -2.11. The minimum atomic E-state index is -0.328. The molecule has 104 valence electrons. The molecule has 2 rings (SSSR count). The molecule has 0 aliphatic heterocycles. The molecule has 2 aromatic rings. The van der Waals surface area contributed by atoms with Crippen molar-refractivity contribution >= 4 is 40.3 Å². The van der Waals surface area contributed by atoms with Crippen molar-refractivity contribution in [3.63, 3.8) is 0 Å². The number of hydrogen-bond donors (Lipinski definition) is 2. The van der Waals surface area contributed by atoms with Gasteiger partial charge in [-0.3, -0.25) is 0 Å². The lowest BCUT2D eigenvalue weighted by Crippen LogP contribution is -2.19. The van der Waals surface area contributed by atoms with E-state index in [0.29, 0.717) is 27.3 Å². The first-order valence-electron chi connectivity index (χ1n) is 5.75. The number of thiocarbonyl (C=S) groups is 1. The average molecular weight is 311 g/mol. The maximum absolute atomic E-state index is 13.0. The van der Waals surface area contributed by atoms with Gasteiger partial charge < -0.3 is 15.4 Å². The number of halogens is 2. The third-order valence-corrected chi connectivity index (χ3v) is 2.99. The van der Waals surface area contributed by atoms with Gasteiger partial charge in [-0.25, -0.2) is 4.39 Å². The maximum atomic E-state index is 13.0. The van der Waals surface area contributed by atoms with Crippen molar-refractivity contribution < 1.29 is 9.13 Å². The van der Waals surface area contributed by atoms with Crippen LogP contribution in [0.2, 0.25) is 5.02 Å². The maximum Gasteiger partial charge on any atom is 0.175 e. The van der Waals surface area contributed by atoms with Crippen molar-refractivity contribution in [1.29, 1.82) is 0 Å². The Morgan fingerprint density at radius 3 is 2.45 bits per heavy atom. The topological polar surface area (TPSA) is 33.3 Å². The number of hydrogen-bond acceptors (Lipinski definition) is 2. The van der Waals surface area contributed by atoms with Gasteiger partial charge >= 0.3 is 0 Å². The third kappa shape index (κ3) is 3.82. The van der Waals surface area contributed by atoms with Crippen LogP contribution in [0.4, 0.5) is 15.8 Å². The minimum absolute atomic E-state index is 0.328. The van der Waals surface area contributed by atoms with Gasteiger partial charge in [0.05, 0.1) is 12.1 Å². The van der Waals surface area contributed by atoms with Gasteiger partial charge in [-0.15, -0.1) is 0 Å². The van der Waals surface area contributed by atoms with Gasteiger partial charge in [-0.05, 0) is 48.6 Å². The van der Waals surface area contributed by atoms with Gasteiger partial charge in [-0.1, -0.05) is 17.7 Å². The first-order valence-corrected chi connectivity index (χ1v) is 6.54. The van der Waals surface area contributed by atoms with E-state index in [1.54, 1.807) is 37.4 Å². The summed E-state index contributed by atoms with van der Waals surface area (Å²) < 4.78 is 18.1. The van der Waals surface area contributed by atoms with Crippen molar-refractivity contribution in [1.82, 2.24) is 0 Å². The molecule has 0 radical (unpaired) electrons. The molecule has 0 heterocycles. The second kappa shape index (κ2) is 6.54. The number of methoxy groups -OCH3 is 1. The SMILES string of the molecule is COc1ccc(NC(=S)Nc2cccc(F)c2)cc1Cl. The van der Waals surface area contributed by atoms with E-state index in [4.69, 9.17) is 28.6 Å².